The van der Waals surface area contributed by atoms with Gasteiger partial charge in [-0.15, -0.1) is 0 Å². The van der Waals surface area contributed by atoms with Gasteiger partial charge in [-0.25, -0.2) is 4.98 Å². The Morgan fingerprint density at radius 3 is 2.89 bits per heavy atom. The number of nitrogens with two attached hydrogens (primary N) is 1. The molecule has 0 aliphatic carbocycles. The summed E-state index contributed by atoms with van der Waals surface area (Å²) in [6, 6.07) is 8.12. The lowest BCUT2D eigenvalue weighted by Gasteiger charge is -1.96. The number of nitrogens with one attached hydrogen (secondary N) is 1. The third-order valence-corrected chi connectivity index (χ3v) is 3.08. The van der Waals surface area contributed by atoms with Gasteiger partial charge < -0.3 is 10.7 Å². The maximum atomic E-state index is 5.66. The number of H-pyrrole nitrogens is 1. The van der Waals surface area contributed by atoms with Gasteiger partial charge >= 0.3 is 0 Å². The highest BCUT2D eigenvalue weighted by molar-refractivity contribution is 5.81. The van der Waals surface area contributed by atoms with Crippen molar-refractivity contribution in [2.75, 3.05) is 0 Å². The Morgan fingerprint density at radius 1 is 1.33 bits per heavy atom. The van der Waals surface area contributed by atoms with Gasteiger partial charge in [0.1, 0.15) is 5.82 Å². The Kier molecular flexibility index (Phi) is 2.41. The van der Waals surface area contributed by atoms with Crippen molar-refractivity contribution in [3.8, 4) is 11.3 Å². The maximum absolute atomic E-state index is 5.66. The Morgan fingerprint density at radius 2 is 2.17 bits per heavy atom. The van der Waals surface area contributed by atoms with Gasteiger partial charge in [0.15, 0.2) is 0 Å². The first-order valence-electron chi connectivity index (χ1n) is 5.87. The van der Waals surface area contributed by atoms with E-state index in [0.29, 0.717) is 6.54 Å². The average Bonchev–Trinajstić information content (AvgIpc) is 2.89. The van der Waals surface area contributed by atoms with E-state index in [0.717, 1.165) is 33.8 Å². The highest BCUT2D eigenvalue weighted by Crippen LogP contribution is 2.22. The minimum atomic E-state index is 0.495. The molecule has 2 aromatic heterocycles. The van der Waals surface area contributed by atoms with Gasteiger partial charge in [-0.3, -0.25) is 4.68 Å². The first kappa shape index (κ1) is 11.0. The highest BCUT2D eigenvalue weighted by atomic mass is 15.3. The number of nitrogens with zero attached hydrogens (tertiary/aromatic N) is 3. The maximum Gasteiger partial charge on any atom is 0.104 e. The van der Waals surface area contributed by atoms with Crippen molar-refractivity contribution in [3.05, 3.63) is 35.8 Å². The molecule has 18 heavy (non-hydrogen) atoms. The number of hydrogen-bond donors (Lipinski definition) is 2. The number of rotatable bonds is 2. The van der Waals surface area contributed by atoms with E-state index < -0.39 is 0 Å². The smallest absolute Gasteiger partial charge is 0.104 e. The van der Waals surface area contributed by atoms with Crippen LogP contribution in [0, 0.1) is 6.92 Å². The van der Waals surface area contributed by atoms with Crippen LogP contribution in [0.2, 0.25) is 0 Å². The van der Waals surface area contributed by atoms with Crippen LogP contribution in [0.25, 0.3) is 22.3 Å². The lowest BCUT2D eigenvalue weighted by molar-refractivity contribution is 0.714. The molecule has 2 heterocycles. The molecule has 0 radical (unpaired) electrons. The van der Waals surface area contributed by atoms with Crippen LogP contribution >= 0.6 is 0 Å². The summed E-state index contributed by atoms with van der Waals surface area (Å²) in [4.78, 5) is 7.62. The lowest BCUT2D eigenvalue weighted by atomic mass is 10.1. The summed E-state index contributed by atoms with van der Waals surface area (Å²) < 4.78 is 1.82. The van der Waals surface area contributed by atoms with E-state index in [1.807, 2.05) is 36.9 Å². The molecule has 0 aliphatic heterocycles. The van der Waals surface area contributed by atoms with Crippen LogP contribution in [0.15, 0.2) is 24.3 Å². The third kappa shape index (κ3) is 1.69. The number of hydrogen-bond acceptors (Lipinski definition) is 3. The fourth-order valence-electron chi connectivity index (χ4n) is 2.13. The van der Waals surface area contributed by atoms with Crippen molar-refractivity contribution in [3.63, 3.8) is 0 Å². The first-order valence-corrected chi connectivity index (χ1v) is 5.87. The van der Waals surface area contributed by atoms with E-state index in [9.17, 15) is 0 Å². The Labute approximate surface area is 105 Å². The van der Waals surface area contributed by atoms with Gasteiger partial charge in [0.2, 0.25) is 0 Å². The molecule has 0 unspecified atom stereocenters. The molecular weight excluding hydrogens is 226 g/mol. The summed E-state index contributed by atoms with van der Waals surface area (Å²) >= 11 is 0. The van der Waals surface area contributed by atoms with Crippen molar-refractivity contribution >= 4 is 11.0 Å². The fourth-order valence-corrected chi connectivity index (χ4v) is 2.13. The van der Waals surface area contributed by atoms with Gasteiger partial charge in [0.05, 0.1) is 22.4 Å². The van der Waals surface area contributed by atoms with E-state index in [4.69, 9.17) is 5.73 Å². The van der Waals surface area contributed by atoms with Crippen molar-refractivity contribution in [1.29, 1.82) is 0 Å². The second-order valence-electron chi connectivity index (χ2n) is 4.40. The Bertz CT molecular complexity index is 707. The summed E-state index contributed by atoms with van der Waals surface area (Å²) in [6.45, 7) is 2.45. The molecule has 3 N–H and O–H groups in total. The van der Waals surface area contributed by atoms with Crippen molar-refractivity contribution < 1.29 is 0 Å². The first-order chi connectivity index (χ1) is 8.67. The molecule has 5 nitrogen and oxygen atoms in total. The van der Waals surface area contributed by atoms with Gasteiger partial charge in [0, 0.05) is 19.2 Å². The third-order valence-electron chi connectivity index (χ3n) is 3.08. The molecule has 3 aromatic rings. The standard InChI is InChI=1S/C13H15N5/c1-8-15-11-4-3-9(5-13(11)16-8)12-6-10(7-14)18(2)17-12/h3-6H,7,14H2,1-2H3,(H,15,16). The molecule has 0 atom stereocenters. The van der Waals surface area contributed by atoms with Crippen LogP contribution in [-0.4, -0.2) is 19.7 Å². The summed E-state index contributed by atoms with van der Waals surface area (Å²) in [5.74, 6) is 0.922. The second kappa shape index (κ2) is 3.96. The van der Waals surface area contributed by atoms with Crippen LogP contribution in [0.5, 0.6) is 0 Å². The zero-order valence-corrected chi connectivity index (χ0v) is 10.4. The Balaban J connectivity index is 2.12. The minimum absolute atomic E-state index is 0.495. The number of imidazole rings is 1. The number of aromatic amines is 1. The van der Waals surface area contributed by atoms with Crippen molar-refractivity contribution in [2.24, 2.45) is 12.8 Å². The zero-order chi connectivity index (χ0) is 12.7. The molecule has 0 aliphatic rings. The van der Waals surface area contributed by atoms with Crippen LogP contribution in [-0.2, 0) is 13.6 Å². The normalized spacial score (nSPS) is 11.3. The Hall–Kier alpha value is -2.14. The SMILES string of the molecule is Cc1nc2ccc(-c3cc(CN)n(C)n3)cc2[nH]1. The predicted octanol–water partition coefficient (Wildman–Crippen LogP) is 1.73. The quantitative estimate of drug-likeness (QED) is 0.717. The molecule has 0 saturated heterocycles. The van der Waals surface area contributed by atoms with Crippen molar-refractivity contribution in [2.45, 2.75) is 13.5 Å². The number of benzene rings is 1. The van der Waals surface area contributed by atoms with Crippen molar-refractivity contribution in [1.82, 2.24) is 19.7 Å². The van der Waals surface area contributed by atoms with E-state index in [-0.39, 0.29) is 0 Å². The largest absolute Gasteiger partial charge is 0.342 e. The molecule has 92 valence electrons. The predicted molar refractivity (Wildman–Crippen MR) is 70.9 cm³/mol. The van der Waals surface area contributed by atoms with E-state index in [2.05, 4.69) is 21.1 Å². The average molecular weight is 241 g/mol. The highest BCUT2D eigenvalue weighted by Gasteiger charge is 2.08. The minimum Gasteiger partial charge on any atom is -0.342 e. The molecule has 0 bridgehead atoms. The van der Waals surface area contributed by atoms with E-state index in [1.165, 1.54) is 0 Å². The molecule has 0 amide bonds. The summed E-state index contributed by atoms with van der Waals surface area (Å²) in [6.07, 6.45) is 0. The monoisotopic (exact) mass is 241 g/mol. The zero-order valence-electron chi connectivity index (χ0n) is 10.4. The number of fused-ring (bicyclic) bond motifs is 1. The van der Waals surface area contributed by atoms with Gasteiger partial charge in [-0.2, -0.15) is 5.10 Å². The molecule has 0 spiro atoms. The second-order valence-corrected chi connectivity index (χ2v) is 4.40. The number of aryl methyl sites for hydroxylation is 2. The van der Waals surface area contributed by atoms with E-state index >= 15 is 0 Å². The van der Waals surface area contributed by atoms with Crippen LogP contribution in [0.4, 0.5) is 0 Å². The van der Waals surface area contributed by atoms with Gasteiger partial charge in [-0.1, -0.05) is 6.07 Å². The topological polar surface area (TPSA) is 72.5 Å². The van der Waals surface area contributed by atoms with Crippen LogP contribution in [0.3, 0.4) is 0 Å². The van der Waals surface area contributed by atoms with Crippen LogP contribution < -0.4 is 5.73 Å². The fraction of sp³-hybridized carbons (Fsp3) is 0.231. The van der Waals surface area contributed by atoms with Crippen LogP contribution in [0.1, 0.15) is 11.5 Å². The molecule has 0 saturated carbocycles. The molecular formula is C13H15N5. The summed E-state index contributed by atoms with van der Waals surface area (Å²) in [5, 5.41) is 4.47. The summed E-state index contributed by atoms with van der Waals surface area (Å²) in [7, 11) is 1.91. The summed E-state index contributed by atoms with van der Waals surface area (Å²) in [5.41, 5.74) is 10.7. The number of aromatic nitrogens is 4. The lowest BCUT2D eigenvalue weighted by Crippen LogP contribution is -2.03. The molecule has 5 heteroatoms. The van der Waals surface area contributed by atoms with E-state index in [1.54, 1.807) is 0 Å². The molecule has 0 fully saturated rings. The molecule has 3 rings (SSSR count). The van der Waals surface area contributed by atoms with Gasteiger partial charge in [0.25, 0.3) is 0 Å². The molecule has 1 aromatic carbocycles. The van der Waals surface area contributed by atoms with Gasteiger partial charge in [-0.05, 0) is 25.1 Å².